The number of rotatable bonds is 3. The number of halogens is 3. The fraction of sp³-hybridized carbons (Fsp3) is 0.0769. The fourth-order valence-corrected chi connectivity index (χ4v) is 1.87. The van der Waals surface area contributed by atoms with Gasteiger partial charge in [-0.2, -0.15) is 0 Å². The molecule has 0 aliphatic carbocycles. The van der Waals surface area contributed by atoms with Crippen LogP contribution < -0.4 is 10.5 Å². The van der Waals surface area contributed by atoms with Crippen LogP contribution in [0.3, 0.4) is 0 Å². The summed E-state index contributed by atoms with van der Waals surface area (Å²) in [7, 11) is 0. The largest absolute Gasteiger partial charge is 0.457 e. The van der Waals surface area contributed by atoms with E-state index >= 15 is 0 Å². The molecular formula is C13H10BrF2NO. The van der Waals surface area contributed by atoms with Gasteiger partial charge in [-0.1, -0.05) is 22.0 Å². The highest BCUT2D eigenvalue weighted by Crippen LogP contribution is 2.34. The molecule has 0 aliphatic rings. The van der Waals surface area contributed by atoms with Gasteiger partial charge in [0, 0.05) is 10.2 Å². The third-order valence-corrected chi connectivity index (χ3v) is 2.79. The highest BCUT2D eigenvalue weighted by molar-refractivity contribution is 9.10. The summed E-state index contributed by atoms with van der Waals surface area (Å²) in [6, 6.07) is 11.2. The van der Waals surface area contributed by atoms with Crippen molar-refractivity contribution in [1.82, 2.24) is 0 Å². The molecule has 0 spiro atoms. The maximum absolute atomic E-state index is 12.8. The van der Waals surface area contributed by atoms with E-state index < -0.39 is 6.43 Å². The number of anilines is 1. The Morgan fingerprint density at radius 1 is 1.11 bits per heavy atom. The van der Waals surface area contributed by atoms with Gasteiger partial charge in [0.15, 0.2) is 0 Å². The van der Waals surface area contributed by atoms with Crippen molar-refractivity contribution in [2.75, 3.05) is 5.73 Å². The first-order chi connectivity index (χ1) is 8.56. The Morgan fingerprint density at radius 2 is 1.89 bits per heavy atom. The monoisotopic (exact) mass is 313 g/mol. The molecule has 18 heavy (non-hydrogen) atoms. The minimum atomic E-state index is -2.63. The molecule has 0 bridgehead atoms. The molecule has 0 fully saturated rings. The van der Waals surface area contributed by atoms with Crippen molar-refractivity contribution in [2.24, 2.45) is 0 Å². The van der Waals surface area contributed by atoms with E-state index in [9.17, 15) is 8.78 Å². The van der Waals surface area contributed by atoms with Gasteiger partial charge in [0.25, 0.3) is 6.43 Å². The summed E-state index contributed by atoms with van der Waals surface area (Å²) < 4.78 is 31.9. The van der Waals surface area contributed by atoms with Gasteiger partial charge in [-0.25, -0.2) is 8.78 Å². The Hall–Kier alpha value is -1.62. The van der Waals surface area contributed by atoms with Crippen molar-refractivity contribution < 1.29 is 13.5 Å². The average Bonchev–Trinajstić information content (AvgIpc) is 2.31. The first-order valence-electron chi connectivity index (χ1n) is 5.17. The van der Waals surface area contributed by atoms with Crippen LogP contribution in [-0.4, -0.2) is 0 Å². The van der Waals surface area contributed by atoms with Crippen LogP contribution in [0, 0.1) is 0 Å². The Kier molecular flexibility index (Phi) is 3.81. The molecule has 0 aromatic heterocycles. The zero-order valence-corrected chi connectivity index (χ0v) is 10.8. The molecular weight excluding hydrogens is 304 g/mol. The summed E-state index contributed by atoms with van der Waals surface area (Å²) >= 11 is 3.29. The van der Waals surface area contributed by atoms with E-state index in [2.05, 4.69) is 15.9 Å². The van der Waals surface area contributed by atoms with E-state index in [1.807, 2.05) is 6.07 Å². The molecule has 0 radical (unpaired) electrons. The zero-order valence-electron chi connectivity index (χ0n) is 9.24. The third-order valence-electron chi connectivity index (χ3n) is 2.29. The Bertz CT molecular complexity index is 560. The van der Waals surface area contributed by atoms with Gasteiger partial charge < -0.3 is 10.5 Å². The topological polar surface area (TPSA) is 35.2 Å². The van der Waals surface area contributed by atoms with Crippen LogP contribution in [0.25, 0.3) is 0 Å². The number of hydrogen-bond donors (Lipinski definition) is 1. The third kappa shape index (κ3) is 2.98. The number of alkyl halides is 2. The van der Waals surface area contributed by atoms with E-state index in [1.165, 1.54) is 18.2 Å². The van der Waals surface area contributed by atoms with Gasteiger partial charge in [-0.05, 0) is 36.4 Å². The molecule has 0 amide bonds. The van der Waals surface area contributed by atoms with Gasteiger partial charge in [-0.3, -0.25) is 0 Å². The molecule has 0 atom stereocenters. The summed E-state index contributed by atoms with van der Waals surface area (Å²) in [6.07, 6.45) is -2.63. The quantitative estimate of drug-likeness (QED) is 0.829. The van der Waals surface area contributed by atoms with Crippen LogP contribution in [-0.2, 0) is 0 Å². The molecule has 2 aromatic carbocycles. The average molecular weight is 314 g/mol. The van der Waals surface area contributed by atoms with E-state index in [0.29, 0.717) is 5.75 Å². The fourth-order valence-electron chi connectivity index (χ4n) is 1.49. The number of nitrogen functional groups attached to an aromatic ring is 1. The zero-order chi connectivity index (χ0) is 13.1. The lowest BCUT2D eigenvalue weighted by molar-refractivity contribution is 0.148. The smallest absolute Gasteiger partial charge is 0.267 e. The number of ether oxygens (including phenoxy) is 1. The van der Waals surface area contributed by atoms with Crippen LogP contribution in [0.2, 0.25) is 0 Å². The first kappa shape index (κ1) is 12.8. The molecule has 2 nitrogen and oxygen atoms in total. The molecule has 0 heterocycles. The standard InChI is InChI=1S/C13H10BrF2NO/c14-8-2-1-3-10(6-8)18-12-5-4-9(17)7-11(12)13(15)16/h1-7,13H,17H2. The lowest BCUT2D eigenvalue weighted by Crippen LogP contribution is -1.95. The van der Waals surface area contributed by atoms with Gasteiger partial charge in [0.2, 0.25) is 0 Å². The second kappa shape index (κ2) is 5.35. The number of nitrogens with two attached hydrogens (primary N) is 1. The van der Waals surface area contributed by atoms with Crippen LogP contribution in [0.4, 0.5) is 14.5 Å². The molecule has 5 heteroatoms. The normalized spacial score (nSPS) is 10.7. The molecule has 0 unspecified atom stereocenters. The van der Waals surface area contributed by atoms with Crippen LogP contribution in [0.15, 0.2) is 46.9 Å². The molecule has 2 aromatic rings. The van der Waals surface area contributed by atoms with Crippen LogP contribution >= 0.6 is 15.9 Å². The van der Waals surface area contributed by atoms with E-state index in [1.54, 1.807) is 18.2 Å². The highest BCUT2D eigenvalue weighted by Gasteiger charge is 2.15. The highest BCUT2D eigenvalue weighted by atomic mass is 79.9. The van der Waals surface area contributed by atoms with E-state index in [-0.39, 0.29) is 17.0 Å². The minimum absolute atomic E-state index is 0.109. The molecule has 0 saturated carbocycles. The lowest BCUT2D eigenvalue weighted by atomic mass is 10.2. The summed E-state index contributed by atoms with van der Waals surface area (Å²) in [5.41, 5.74) is 5.56. The summed E-state index contributed by atoms with van der Waals surface area (Å²) in [6.45, 7) is 0. The second-order valence-electron chi connectivity index (χ2n) is 3.66. The SMILES string of the molecule is Nc1ccc(Oc2cccc(Br)c2)c(C(F)F)c1. The van der Waals surface area contributed by atoms with Crippen molar-refractivity contribution in [1.29, 1.82) is 0 Å². The lowest BCUT2D eigenvalue weighted by Gasteiger charge is -2.11. The van der Waals surface area contributed by atoms with Gasteiger partial charge in [0.05, 0.1) is 5.56 Å². The van der Waals surface area contributed by atoms with Crippen LogP contribution in [0.1, 0.15) is 12.0 Å². The summed E-state index contributed by atoms with van der Waals surface area (Å²) in [4.78, 5) is 0. The van der Waals surface area contributed by atoms with Crippen molar-refractivity contribution >= 4 is 21.6 Å². The van der Waals surface area contributed by atoms with Crippen molar-refractivity contribution in [2.45, 2.75) is 6.43 Å². The summed E-state index contributed by atoms with van der Waals surface area (Å²) in [5.74, 6) is 0.591. The molecule has 2 N–H and O–H groups in total. The van der Waals surface area contributed by atoms with Gasteiger partial charge in [0.1, 0.15) is 11.5 Å². The van der Waals surface area contributed by atoms with E-state index in [4.69, 9.17) is 10.5 Å². The van der Waals surface area contributed by atoms with E-state index in [0.717, 1.165) is 4.47 Å². The van der Waals surface area contributed by atoms with Gasteiger partial charge in [-0.15, -0.1) is 0 Å². The first-order valence-corrected chi connectivity index (χ1v) is 5.96. The van der Waals surface area contributed by atoms with Gasteiger partial charge >= 0.3 is 0 Å². The molecule has 0 saturated heterocycles. The Balaban J connectivity index is 2.34. The molecule has 94 valence electrons. The Morgan fingerprint density at radius 3 is 2.56 bits per heavy atom. The maximum Gasteiger partial charge on any atom is 0.267 e. The number of benzene rings is 2. The predicted octanol–water partition coefficient (Wildman–Crippen LogP) is 4.76. The molecule has 0 aliphatic heterocycles. The minimum Gasteiger partial charge on any atom is -0.457 e. The Labute approximate surface area is 112 Å². The van der Waals surface area contributed by atoms with Crippen molar-refractivity contribution in [3.8, 4) is 11.5 Å². The van der Waals surface area contributed by atoms with Crippen LogP contribution in [0.5, 0.6) is 11.5 Å². The predicted molar refractivity (Wildman–Crippen MR) is 70.0 cm³/mol. The van der Waals surface area contributed by atoms with Crippen molar-refractivity contribution in [3.63, 3.8) is 0 Å². The maximum atomic E-state index is 12.8. The number of hydrogen-bond acceptors (Lipinski definition) is 2. The second-order valence-corrected chi connectivity index (χ2v) is 4.57. The summed E-state index contributed by atoms with van der Waals surface area (Å²) in [5, 5.41) is 0. The molecule has 2 rings (SSSR count). The van der Waals surface area contributed by atoms with Crippen molar-refractivity contribution in [3.05, 3.63) is 52.5 Å².